The molecule has 40 heavy (non-hydrogen) atoms. The number of hydrogen-bond donors (Lipinski definition) is 3. The number of aliphatic hydroxyl groups excluding tert-OH is 1. The summed E-state index contributed by atoms with van der Waals surface area (Å²) in [4.78, 5) is 41.7. The third-order valence-electron chi connectivity index (χ3n) is 8.09. The van der Waals surface area contributed by atoms with Gasteiger partial charge in [-0.3, -0.25) is 9.59 Å². The van der Waals surface area contributed by atoms with Gasteiger partial charge < -0.3 is 25.5 Å². The van der Waals surface area contributed by atoms with Gasteiger partial charge in [0.25, 0.3) is 0 Å². The maximum atomic E-state index is 13.3. The first kappa shape index (κ1) is 29.8. The summed E-state index contributed by atoms with van der Waals surface area (Å²) < 4.78 is 13.3. The number of carbonyl (C=O) groups excluding carboxylic acids is 3. The number of amides is 2. The minimum atomic E-state index is -0.367. The van der Waals surface area contributed by atoms with Crippen molar-refractivity contribution in [3.05, 3.63) is 65.0 Å². The molecule has 2 amide bonds. The third kappa shape index (κ3) is 8.43. The summed E-state index contributed by atoms with van der Waals surface area (Å²) in [5, 5.41) is 15.5. The Morgan fingerprint density at radius 1 is 0.950 bits per heavy atom. The Kier molecular flexibility index (Phi) is 10.4. The molecule has 8 nitrogen and oxygen atoms in total. The van der Waals surface area contributed by atoms with Crippen molar-refractivity contribution in [3.63, 3.8) is 0 Å². The fourth-order valence-corrected chi connectivity index (χ4v) is 6.04. The number of ketones is 2. The zero-order valence-electron chi connectivity index (χ0n) is 23.5. The molecule has 2 saturated heterocycles. The van der Waals surface area contributed by atoms with Crippen LogP contribution in [0.5, 0.6) is 0 Å². The summed E-state index contributed by atoms with van der Waals surface area (Å²) in [6.45, 7) is 7.91. The lowest BCUT2D eigenvalue weighted by Crippen LogP contribution is -2.56. The van der Waals surface area contributed by atoms with Gasteiger partial charge in [-0.15, -0.1) is 0 Å². The molecule has 2 heterocycles. The molecule has 2 fully saturated rings. The standard InChI is InChI=1S/C31H41FN4O4/c1-21(38)25-15-26(22(2)39)17-29(16-25)33-31(40)34-30-9-11-35(12-13-37)19-27(30)20-36-10-3-4-24(18-36)14-23-5-7-28(32)8-6-23/h5-8,15-17,24,27,30,37H,3-4,9-14,18-20H2,1-2H3,(H2,33,34,40)/t24-,27-,30+/m0/s1. The van der Waals surface area contributed by atoms with E-state index in [9.17, 15) is 23.9 Å². The fourth-order valence-electron chi connectivity index (χ4n) is 6.04. The molecule has 3 N–H and O–H groups in total. The molecule has 0 aliphatic carbocycles. The highest BCUT2D eigenvalue weighted by Crippen LogP contribution is 2.25. The summed E-state index contributed by atoms with van der Waals surface area (Å²) in [5.74, 6) is 0.0958. The highest BCUT2D eigenvalue weighted by atomic mass is 19.1. The number of Topliss-reactive ketones (excluding diaryl/α,β-unsaturated/α-hetero) is 2. The van der Waals surface area contributed by atoms with Gasteiger partial charge in [0.05, 0.1) is 6.61 Å². The normalized spacial score (nSPS) is 22.1. The average Bonchev–Trinajstić information content (AvgIpc) is 2.91. The maximum absolute atomic E-state index is 13.3. The van der Waals surface area contributed by atoms with Gasteiger partial charge in [-0.2, -0.15) is 0 Å². The fraction of sp³-hybridized carbons (Fsp3) is 0.516. The number of β-amino-alcohol motifs (C(OH)–C–C–N with tert-alkyl or cyclic N) is 1. The molecule has 2 aromatic rings. The molecule has 2 aromatic carbocycles. The van der Waals surface area contributed by atoms with E-state index in [4.69, 9.17) is 0 Å². The number of piperidine rings is 2. The van der Waals surface area contributed by atoms with Crippen LogP contribution in [0, 0.1) is 17.7 Å². The molecule has 0 bridgehead atoms. The number of carbonyl (C=O) groups is 3. The van der Waals surface area contributed by atoms with Crippen LogP contribution >= 0.6 is 0 Å². The largest absolute Gasteiger partial charge is 0.395 e. The summed E-state index contributed by atoms with van der Waals surface area (Å²) in [7, 11) is 0. The van der Waals surface area contributed by atoms with Crippen LogP contribution < -0.4 is 10.6 Å². The average molecular weight is 553 g/mol. The SMILES string of the molecule is CC(=O)c1cc(NC(=O)N[C@@H]2CCN(CCO)C[C@H]2CN2CCC[C@@H](Cc3ccc(F)cc3)C2)cc(C(C)=O)c1. The van der Waals surface area contributed by atoms with E-state index in [1.165, 1.54) is 26.0 Å². The first-order chi connectivity index (χ1) is 19.2. The number of aliphatic hydroxyl groups is 1. The Morgan fingerprint density at radius 2 is 1.65 bits per heavy atom. The lowest BCUT2D eigenvalue weighted by atomic mass is 9.88. The van der Waals surface area contributed by atoms with Crippen molar-refractivity contribution >= 4 is 23.3 Å². The van der Waals surface area contributed by atoms with E-state index in [1.807, 2.05) is 12.1 Å². The quantitative estimate of drug-likeness (QED) is 0.386. The Hall–Kier alpha value is -3.14. The summed E-state index contributed by atoms with van der Waals surface area (Å²) in [5.41, 5.74) is 2.30. The van der Waals surface area contributed by atoms with Crippen LogP contribution in [0.4, 0.5) is 14.9 Å². The monoisotopic (exact) mass is 552 g/mol. The zero-order valence-corrected chi connectivity index (χ0v) is 23.5. The molecule has 0 unspecified atom stereocenters. The van der Waals surface area contributed by atoms with Crippen molar-refractivity contribution in [1.82, 2.24) is 15.1 Å². The molecular formula is C31H41FN4O4. The van der Waals surface area contributed by atoms with Crippen LogP contribution in [0.15, 0.2) is 42.5 Å². The number of benzene rings is 2. The number of nitrogens with zero attached hydrogens (tertiary/aromatic N) is 2. The first-order valence-electron chi connectivity index (χ1n) is 14.2. The predicted molar refractivity (Wildman–Crippen MR) is 153 cm³/mol. The molecule has 2 aliphatic rings. The van der Waals surface area contributed by atoms with Crippen molar-refractivity contribution in [1.29, 1.82) is 0 Å². The van der Waals surface area contributed by atoms with E-state index in [-0.39, 0.29) is 42.0 Å². The molecule has 0 spiro atoms. The minimum Gasteiger partial charge on any atom is -0.395 e. The maximum Gasteiger partial charge on any atom is 0.319 e. The van der Waals surface area contributed by atoms with Crippen molar-refractivity contribution in [2.75, 3.05) is 51.2 Å². The van der Waals surface area contributed by atoms with Crippen molar-refractivity contribution < 1.29 is 23.9 Å². The lowest BCUT2D eigenvalue weighted by Gasteiger charge is -2.42. The molecule has 2 aliphatic heterocycles. The van der Waals surface area contributed by atoms with Crippen molar-refractivity contribution in [2.24, 2.45) is 11.8 Å². The van der Waals surface area contributed by atoms with Gasteiger partial charge in [-0.05, 0) is 87.9 Å². The van der Waals surface area contributed by atoms with E-state index in [0.29, 0.717) is 29.3 Å². The van der Waals surface area contributed by atoms with Crippen LogP contribution in [0.2, 0.25) is 0 Å². The number of rotatable bonds is 10. The van der Waals surface area contributed by atoms with E-state index < -0.39 is 0 Å². The van der Waals surface area contributed by atoms with Gasteiger partial charge in [0.2, 0.25) is 0 Å². The topological polar surface area (TPSA) is 102 Å². The summed E-state index contributed by atoms with van der Waals surface area (Å²) in [6, 6.07) is 11.1. The number of likely N-dealkylation sites (tertiary alicyclic amines) is 2. The van der Waals surface area contributed by atoms with E-state index >= 15 is 0 Å². The Morgan fingerprint density at radius 3 is 2.30 bits per heavy atom. The van der Waals surface area contributed by atoms with Gasteiger partial charge in [-0.1, -0.05) is 12.1 Å². The van der Waals surface area contributed by atoms with Crippen LogP contribution in [-0.2, 0) is 6.42 Å². The van der Waals surface area contributed by atoms with E-state index in [0.717, 1.165) is 64.0 Å². The van der Waals surface area contributed by atoms with Crippen LogP contribution in [0.3, 0.4) is 0 Å². The number of urea groups is 1. The second kappa shape index (κ2) is 14.0. The number of halogens is 1. The number of nitrogens with one attached hydrogen (secondary N) is 2. The van der Waals surface area contributed by atoms with E-state index in [2.05, 4.69) is 20.4 Å². The Labute approximate surface area is 235 Å². The Balaban J connectivity index is 1.40. The lowest BCUT2D eigenvalue weighted by molar-refractivity contribution is 0.0760. The van der Waals surface area contributed by atoms with Gasteiger partial charge in [-0.25, -0.2) is 9.18 Å². The van der Waals surface area contributed by atoms with Gasteiger partial charge in [0.1, 0.15) is 5.82 Å². The van der Waals surface area contributed by atoms with E-state index in [1.54, 1.807) is 18.2 Å². The van der Waals surface area contributed by atoms with Crippen molar-refractivity contribution in [2.45, 2.75) is 45.6 Å². The van der Waals surface area contributed by atoms with Crippen LogP contribution in [0.25, 0.3) is 0 Å². The molecule has 0 saturated carbocycles. The van der Waals surface area contributed by atoms with Gasteiger partial charge >= 0.3 is 6.03 Å². The minimum absolute atomic E-state index is 0.0596. The van der Waals surface area contributed by atoms with Gasteiger partial charge in [0, 0.05) is 61.5 Å². The summed E-state index contributed by atoms with van der Waals surface area (Å²) >= 11 is 0. The molecule has 4 rings (SSSR count). The van der Waals surface area contributed by atoms with Crippen molar-refractivity contribution in [3.8, 4) is 0 Å². The molecule has 9 heteroatoms. The predicted octanol–water partition coefficient (Wildman–Crippen LogP) is 3.99. The zero-order chi connectivity index (χ0) is 28.6. The highest BCUT2D eigenvalue weighted by Gasteiger charge is 2.33. The molecular weight excluding hydrogens is 511 g/mol. The molecule has 3 atom stereocenters. The highest BCUT2D eigenvalue weighted by molar-refractivity contribution is 6.02. The van der Waals surface area contributed by atoms with Crippen LogP contribution in [-0.4, -0.2) is 84.4 Å². The Bertz CT molecular complexity index is 1160. The number of hydrogen-bond acceptors (Lipinski definition) is 6. The number of anilines is 1. The summed E-state index contributed by atoms with van der Waals surface area (Å²) in [6.07, 6.45) is 3.92. The van der Waals surface area contributed by atoms with Crippen LogP contribution in [0.1, 0.15) is 59.4 Å². The smallest absolute Gasteiger partial charge is 0.319 e. The third-order valence-corrected chi connectivity index (χ3v) is 8.09. The molecule has 0 aromatic heterocycles. The molecule has 0 radical (unpaired) electrons. The second-order valence-electron chi connectivity index (χ2n) is 11.3. The molecule has 216 valence electrons. The second-order valence-corrected chi connectivity index (χ2v) is 11.3. The van der Waals surface area contributed by atoms with Gasteiger partial charge in [0.15, 0.2) is 11.6 Å². The first-order valence-corrected chi connectivity index (χ1v) is 14.2.